The lowest BCUT2D eigenvalue weighted by atomic mass is 10.0. The van der Waals surface area contributed by atoms with Gasteiger partial charge in [0.1, 0.15) is 0 Å². The minimum atomic E-state index is 0.103. The predicted molar refractivity (Wildman–Crippen MR) is 84.9 cm³/mol. The molecule has 2 heteroatoms. The van der Waals surface area contributed by atoms with Gasteiger partial charge < -0.3 is 0 Å². The second-order valence-electron chi connectivity index (χ2n) is 5.43. The molecule has 2 aromatic carbocycles. The largest absolute Gasteiger partial charge is 0.294 e. The van der Waals surface area contributed by atoms with Crippen LogP contribution in [0.4, 0.5) is 0 Å². The van der Waals surface area contributed by atoms with Crippen LogP contribution in [0, 0.1) is 13.8 Å². The summed E-state index contributed by atoms with van der Waals surface area (Å²) < 4.78 is 0. The molecule has 0 aliphatic rings. The summed E-state index contributed by atoms with van der Waals surface area (Å²) in [4.78, 5) is 24.0. The molecule has 21 heavy (non-hydrogen) atoms. The molecule has 0 radical (unpaired) electrons. The molecule has 0 fully saturated rings. The van der Waals surface area contributed by atoms with E-state index >= 15 is 0 Å². The lowest BCUT2D eigenvalue weighted by molar-refractivity contribution is 0.0957. The first-order valence-electron chi connectivity index (χ1n) is 7.26. The third kappa shape index (κ3) is 4.38. The van der Waals surface area contributed by atoms with Gasteiger partial charge in [-0.25, -0.2) is 0 Å². The molecule has 0 unspecified atom stereocenters. The van der Waals surface area contributed by atoms with E-state index in [1.807, 2.05) is 62.4 Å². The highest BCUT2D eigenvalue weighted by atomic mass is 16.1. The molecular formula is C19H20O2. The van der Waals surface area contributed by atoms with Crippen molar-refractivity contribution in [2.24, 2.45) is 0 Å². The maximum absolute atomic E-state index is 12.0. The van der Waals surface area contributed by atoms with Gasteiger partial charge >= 0.3 is 0 Å². The summed E-state index contributed by atoms with van der Waals surface area (Å²) in [6, 6.07) is 15.1. The molecule has 0 aliphatic carbocycles. The highest BCUT2D eigenvalue weighted by molar-refractivity contribution is 5.98. The summed E-state index contributed by atoms with van der Waals surface area (Å²) in [5.74, 6) is 0.207. The van der Waals surface area contributed by atoms with Crippen molar-refractivity contribution in [2.75, 3.05) is 0 Å². The molecule has 0 N–H and O–H groups in total. The second-order valence-corrected chi connectivity index (χ2v) is 5.43. The maximum Gasteiger partial charge on any atom is 0.162 e. The number of rotatable bonds is 6. The summed E-state index contributed by atoms with van der Waals surface area (Å²) in [7, 11) is 0. The average Bonchev–Trinajstić information content (AvgIpc) is 2.48. The topological polar surface area (TPSA) is 34.1 Å². The molecule has 2 aromatic rings. The average molecular weight is 280 g/mol. The number of carbonyl (C=O) groups excluding carboxylic acids is 2. The van der Waals surface area contributed by atoms with Crippen LogP contribution in [0.3, 0.4) is 0 Å². The van der Waals surface area contributed by atoms with Gasteiger partial charge in [-0.2, -0.15) is 0 Å². The number of aryl methyl sites for hydroxylation is 2. The van der Waals surface area contributed by atoms with Crippen LogP contribution < -0.4 is 0 Å². The number of hydrogen-bond donors (Lipinski definition) is 0. The molecule has 0 saturated heterocycles. The Morgan fingerprint density at radius 2 is 1.00 bits per heavy atom. The summed E-state index contributed by atoms with van der Waals surface area (Å²) >= 11 is 0. The molecular weight excluding hydrogens is 260 g/mol. The summed E-state index contributed by atoms with van der Waals surface area (Å²) in [5, 5.41) is 0. The Hall–Kier alpha value is -2.22. The van der Waals surface area contributed by atoms with E-state index < -0.39 is 0 Å². The van der Waals surface area contributed by atoms with Crippen LogP contribution in [0.15, 0.2) is 48.5 Å². The fourth-order valence-electron chi connectivity index (χ4n) is 2.18. The Labute approximate surface area is 125 Å². The van der Waals surface area contributed by atoms with Gasteiger partial charge in [0.15, 0.2) is 11.6 Å². The van der Waals surface area contributed by atoms with Crippen LogP contribution in [0.25, 0.3) is 0 Å². The predicted octanol–water partition coefficient (Wildman–Crippen LogP) is 4.54. The summed E-state index contributed by atoms with van der Waals surface area (Å²) in [6.07, 6.45) is 1.43. The van der Waals surface area contributed by atoms with E-state index in [1.165, 1.54) is 0 Å². The van der Waals surface area contributed by atoms with E-state index in [-0.39, 0.29) is 11.6 Å². The van der Waals surface area contributed by atoms with Crippen LogP contribution in [0.2, 0.25) is 0 Å². The van der Waals surface area contributed by atoms with Crippen LogP contribution in [-0.4, -0.2) is 11.6 Å². The Balaban J connectivity index is 1.83. The Bertz CT molecular complexity index is 564. The van der Waals surface area contributed by atoms with Crippen LogP contribution in [0.1, 0.15) is 51.1 Å². The number of hydrogen-bond acceptors (Lipinski definition) is 2. The molecule has 0 heterocycles. The van der Waals surface area contributed by atoms with Crippen molar-refractivity contribution in [3.05, 3.63) is 70.8 Å². The number of ketones is 2. The van der Waals surface area contributed by atoms with Gasteiger partial charge in [-0.05, 0) is 20.3 Å². The SMILES string of the molecule is Cc1ccc(C(=O)CCCC(=O)c2ccc(C)cc2)cc1. The van der Waals surface area contributed by atoms with Crippen molar-refractivity contribution in [3.63, 3.8) is 0 Å². The molecule has 0 aliphatic heterocycles. The quantitative estimate of drug-likeness (QED) is 0.728. The lowest BCUT2D eigenvalue weighted by Crippen LogP contribution is -2.03. The van der Waals surface area contributed by atoms with Crippen molar-refractivity contribution in [1.29, 1.82) is 0 Å². The fraction of sp³-hybridized carbons (Fsp3) is 0.263. The lowest BCUT2D eigenvalue weighted by Gasteiger charge is -2.03. The molecule has 0 spiro atoms. The molecule has 0 aromatic heterocycles. The van der Waals surface area contributed by atoms with Crippen molar-refractivity contribution < 1.29 is 9.59 Å². The molecule has 2 nitrogen and oxygen atoms in total. The van der Waals surface area contributed by atoms with Crippen LogP contribution in [-0.2, 0) is 0 Å². The standard InChI is InChI=1S/C19H20O2/c1-14-6-10-16(11-7-14)18(20)4-3-5-19(21)17-12-8-15(2)9-13-17/h6-13H,3-5H2,1-2H3. The minimum Gasteiger partial charge on any atom is -0.294 e. The van der Waals surface area contributed by atoms with Gasteiger partial charge in [-0.3, -0.25) is 9.59 Å². The molecule has 108 valence electrons. The normalized spacial score (nSPS) is 10.4. The second kappa shape index (κ2) is 6.98. The third-order valence-electron chi connectivity index (χ3n) is 3.55. The molecule has 0 bridgehead atoms. The Kier molecular flexibility index (Phi) is 5.04. The maximum atomic E-state index is 12.0. The summed E-state index contributed by atoms with van der Waals surface area (Å²) in [6.45, 7) is 3.99. The van der Waals surface area contributed by atoms with Gasteiger partial charge in [0.2, 0.25) is 0 Å². The number of Topliss-reactive ketones (excluding diaryl/α,β-unsaturated/α-hetero) is 2. The van der Waals surface area contributed by atoms with Gasteiger partial charge in [0.25, 0.3) is 0 Å². The first kappa shape index (κ1) is 15.2. The van der Waals surface area contributed by atoms with E-state index in [9.17, 15) is 9.59 Å². The first-order valence-corrected chi connectivity index (χ1v) is 7.26. The highest BCUT2D eigenvalue weighted by Crippen LogP contribution is 2.12. The summed E-state index contributed by atoms with van der Waals surface area (Å²) in [5.41, 5.74) is 3.73. The van der Waals surface area contributed by atoms with Crippen molar-refractivity contribution >= 4 is 11.6 Å². The monoisotopic (exact) mass is 280 g/mol. The number of benzene rings is 2. The Morgan fingerprint density at radius 1 is 0.667 bits per heavy atom. The zero-order valence-electron chi connectivity index (χ0n) is 12.6. The first-order chi connectivity index (χ1) is 10.1. The van der Waals surface area contributed by atoms with Crippen molar-refractivity contribution in [1.82, 2.24) is 0 Å². The molecule has 0 saturated carbocycles. The zero-order chi connectivity index (χ0) is 15.2. The minimum absolute atomic E-state index is 0.103. The smallest absolute Gasteiger partial charge is 0.162 e. The van der Waals surface area contributed by atoms with E-state index in [0.717, 1.165) is 22.3 Å². The zero-order valence-corrected chi connectivity index (χ0v) is 12.6. The van der Waals surface area contributed by atoms with Crippen molar-refractivity contribution in [2.45, 2.75) is 33.1 Å². The van der Waals surface area contributed by atoms with E-state index in [2.05, 4.69) is 0 Å². The highest BCUT2D eigenvalue weighted by Gasteiger charge is 2.09. The molecule has 0 amide bonds. The van der Waals surface area contributed by atoms with E-state index in [0.29, 0.717) is 19.3 Å². The van der Waals surface area contributed by atoms with Crippen molar-refractivity contribution in [3.8, 4) is 0 Å². The third-order valence-corrected chi connectivity index (χ3v) is 3.55. The van der Waals surface area contributed by atoms with Gasteiger partial charge in [0, 0.05) is 24.0 Å². The Morgan fingerprint density at radius 3 is 1.33 bits per heavy atom. The van der Waals surface area contributed by atoms with Crippen LogP contribution in [0.5, 0.6) is 0 Å². The van der Waals surface area contributed by atoms with Gasteiger partial charge in [-0.15, -0.1) is 0 Å². The van der Waals surface area contributed by atoms with E-state index in [4.69, 9.17) is 0 Å². The molecule has 2 rings (SSSR count). The number of carbonyl (C=O) groups is 2. The van der Waals surface area contributed by atoms with Gasteiger partial charge in [0.05, 0.1) is 0 Å². The van der Waals surface area contributed by atoms with Crippen LogP contribution >= 0.6 is 0 Å². The van der Waals surface area contributed by atoms with E-state index in [1.54, 1.807) is 0 Å². The fourth-order valence-corrected chi connectivity index (χ4v) is 2.18. The van der Waals surface area contributed by atoms with Gasteiger partial charge in [-0.1, -0.05) is 59.7 Å². The molecule has 0 atom stereocenters.